The normalized spacial score (nSPS) is 16.8. The van der Waals surface area contributed by atoms with Crippen molar-refractivity contribution in [2.24, 2.45) is 0 Å². The topological polar surface area (TPSA) is 24.5 Å². The second-order valence-corrected chi connectivity index (χ2v) is 5.30. The number of nitrogens with one attached hydrogen (secondary N) is 1. The predicted molar refractivity (Wildman–Crippen MR) is 79.6 cm³/mol. The smallest absolute Gasteiger partial charge is 0.119 e. The summed E-state index contributed by atoms with van der Waals surface area (Å²) in [4.78, 5) is 2.63. The minimum Gasteiger partial charge on any atom is -0.497 e. The number of methoxy groups -OCH3 is 1. The third-order valence-corrected chi connectivity index (χ3v) is 3.86. The van der Waals surface area contributed by atoms with Crippen molar-refractivity contribution in [3.05, 3.63) is 29.8 Å². The monoisotopic (exact) mass is 262 g/mol. The van der Waals surface area contributed by atoms with Crippen molar-refractivity contribution < 1.29 is 4.74 Å². The number of hydrogen-bond donors (Lipinski definition) is 1. The molecule has 0 amide bonds. The Bertz CT molecular complexity index is 375. The van der Waals surface area contributed by atoms with Crippen LogP contribution in [0.15, 0.2) is 24.3 Å². The first kappa shape index (κ1) is 14.4. The molecular weight excluding hydrogens is 236 g/mol. The van der Waals surface area contributed by atoms with Gasteiger partial charge in [-0.25, -0.2) is 0 Å². The van der Waals surface area contributed by atoms with Gasteiger partial charge in [0.15, 0.2) is 0 Å². The van der Waals surface area contributed by atoms with E-state index in [0.29, 0.717) is 0 Å². The number of nitrogens with zero attached hydrogens (tertiary/aromatic N) is 1. The van der Waals surface area contributed by atoms with Gasteiger partial charge in [-0.3, -0.25) is 4.90 Å². The largest absolute Gasteiger partial charge is 0.497 e. The zero-order chi connectivity index (χ0) is 13.5. The van der Waals surface area contributed by atoms with Crippen LogP contribution in [-0.2, 0) is 6.54 Å². The highest BCUT2D eigenvalue weighted by molar-refractivity contribution is 5.28. The van der Waals surface area contributed by atoms with E-state index < -0.39 is 0 Å². The maximum atomic E-state index is 5.31. The molecule has 1 saturated heterocycles. The van der Waals surface area contributed by atoms with Gasteiger partial charge in [0.05, 0.1) is 7.11 Å². The van der Waals surface area contributed by atoms with Gasteiger partial charge in [0.1, 0.15) is 5.75 Å². The van der Waals surface area contributed by atoms with E-state index >= 15 is 0 Å². The molecular formula is C16H26N2O. The Morgan fingerprint density at radius 1 is 1.32 bits per heavy atom. The third kappa shape index (κ3) is 4.22. The van der Waals surface area contributed by atoms with E-state index in [-0.39, 0.29) is 0 Å². The van der Waals surface area contributed by atoms with Crippen molar-refractivity contribution in [1.29, 1.82) is 0 Å². The van der Waals surface area contributed by atoms with Crippen LogP contribution in [0.3, 0.4) is 0 Å². The molecule has 1 aromatic rings. The Morgan fingerprint density at radius 3 is 2.79 bits per heavy atom. The first-order valence-electron chi connectivity index (χ1n) is 7.41. The van der Waals surface area contributed by atoms with E-state index in [9.17, 15) is 0 Å². The van der Waals surface area contributed by atoms with Gasteiger partial charge >= 0.3 is 0 Å². The van der Waals surface area contributed by atoms with Gasteiger partial charge < -0.3 is 10.1 Å². The minimum atomic E-state index is 0.729. The number of rotatable bonds is 6. The van der Waals surface area contributed by atoms with Gasteiger partial charge in [-0.1, -0.05) is 19.1 Å². The molecule has 1 aromatic carbocycles. The lowest BCUT2D eigenvalue weighted by Crippen LogP contribution is -2.43. The van der Waals surface area contributed by atoms with Gasteiger partial charge in [-0.2, -0.15) is 0 Å². The molecule has 3 heteroatoms. The molecule has 0 radical (unpaired) electrons. The van der Waals surface area contributed by atoms with Crippen molar-refractivity contribution >= 4 is 0 Å². The van der Waals surface area contributed by atoms with E-state index in [4.69, 9.17) is 4.74 Å². The van der Waals surface area contributed by atoms with Crippen LogP contribution in [-0.4, -0.2) is 37.7 Å². The van der Waals surface area contributed by atoms with Gasteiger partial charge in [-0.15, -0.1) is 0 Å². The first-order chi connectivity index (χ1) is 9.33. The van der Waals surface area contributed by atoms with E-state index in [0.717, 1.165) is 31.4 Å². The van der Waals surface area contributed by atoms with E-state index in [2.05, 4.69) is 35.3 Å². The molecule has 1 N–H and O–H groups in total. The number of benzene rings is 1. The molecule has 0 unspecified atom stereocenters. The molecule has 0 aromatic heterocycles. The van der Waals surface area contributed by atoms with Crippen LogP contribution < -0.4 is 10.1 Å². The molecule has 0 saturated carbocycles. The summed E-state index contributed by atoms with van der Waals surface area (Å²) in [6.45, 7) is 6.79. The molecule has 0 spiro atoms. The maximum absolute atomic E-state index is 5.31. The average Bonchev–Trinajstić information content (AvgIpc) is 2.48. The molecule has 0 bridgehead atoms. The van der Waals surface area contributed by atoms with Gasteiger partial charge in [0.25, 0.3) is 0 Å². The molecule has 1 aliphatic rings. The quantitative estimate of drug-likeness (QED) is 0.853. The van der Waals surface area contributed by atoms with E-state index in [1.54, 1.807) is 7.11 Å². The molecule has 2 rings (SSSR count). The average molecular weight is 262 g/mol. The lowest BCUT2D eigenvalue weighted by molar-refractivity contribution is 0.154. The minimum absolute atomic E-state index is 0.729. The fourth-order valence-corrected chi connectivity index (χ4v) is 2.86. The van der Waals surface area contributed by atoms with Crippen LogP contribution in [0.1, 0.15) is 31.7 Å². The molecule has 1 aliphatic heterocycles. The Kier molecular flexibility index (Phi) is 5.67. The highest BCUT2D eigenvalue weighted by Gasteiger charge is 2.20. The second kappa shape index (κ2) is 7.51. The molecule has 3 nitrogen and oxygen atoms in total. The summed E-state index contributed by atoms with van der Waals surface area (Å²) in [5, 5.41) is 3.45. The summed E-state index contributed by atoms with van der Waals surface area (Å²) in [5.74, 6) is 0.958. The van der Waals surface area contributed by atoms with E-state index in [1.165, 1.54) is 31.4 Å². The fraction of sp³-hybridized carbons (Fsp3) is 0.625. The van der Waals surface area contributed by atoms with Gasteiger partial charge in [0.2, 0.25) is 0 Å². The van der Waals surface area contributed by atoms with Gasteiger partial charge in [0, 0.05) is 12.6 Å². The molecule has 1 fully saturated rings. The van der Waals surface area contributed by atoms with E-state index in [1.807, 2.05) is 6.07 Å². The highest BCUT2D eigenvalue weighted by Crippen LogP contribution is 2.19. The van der Waals surface area contributed by atoms with Crippen LogP contribution in [0.4, 0.5) is 0 Å². The second-order valence-electron chi connectivity index (χ2n) is 5.30. The van der Waals surface area contributed by atoms with Crippen molar-refractivity contribution in [2.45, 2.75) is 38.8 Å². The molecule has 1 heterocycles. The summed E-state index contributed by atoms with van der Waals surface area (Å²) in [6, 6.07) is 9.18. The summed E-state index contributed by atoms with van der Waals surface area (Å²) < 4.78 is 5.31. The Balaban J connectivity index is 2.01. The maximum Gasteiger partial charge on any atom is 0.119 e. The molecule has 0 aliphatic carbocycles. The fourth-order valence-electron chi connectivity index (χ4n) is 2.86. The number of ether oxygens (including phenoxy) is 1. The molecule has 19 heavy (non-hydrogen) atoms. The predicted octanol–water partition coefficient (Wildman–Crippen LogP) is 2.66. The van der Waals surface area contributed by atoms with Crippen LogP contribution >= 0.6 is 0 Å². The van der Waals surface area contributed by atoms with Crippen molar-refractivity contribution in [1.82, 2.24) is 10.2 Å². The summed E-state index contributed by atoms with van der Waals surface area (Å²) in [7, 11) is 1.73. The molecule has 106 valence electrons. The molecule has 0 atom stereocenters. The number of hydrogen-bond acceptors (Lipinski definition) is 3. The first-order valence-corrected chi connectivity index (χ1v) is 7.41. The zero-order valence-electron chi connectivity index (χ0n) is 12.2. The lowest BCUT2D eigenvalue weighted by Gasteiger charge is -2.34. The van der Waals surface area contributed by atoms with Crippen LogP contribution in [0.2, 0.25) is 0 Å². The van der Waals surface area contributed by atoms with Crippen molar-refractivity contribution in [2.75, 3.05) is 26.7 Å². The van der Waals surface area contributed by atoms with Crippen molar-refractivity contribution in [3.63, 3.8) is 0 Å². The standard InChI is InChI=1S/C16H26N2O/c1-3-11-18(15-7-9-17-10-8-15)13-14-5-4-6-16(12-14)19-2/h4-6,12,15,17H,3,7-11,13H2,1-2H3. The number of piperidine rings is 1. The summed E-state index contributed by atoms with van der Waals surface area (Å²) in [6.07, 6.45) is 3.75. The Hall–Kier alpha value is -1.06. The zero-order valence-corrected chi connectivity index (χ0v) is 12.2. The summed E-state index contributed by atoms with van der Waals surface area (Å²) >= 11 is 0. The SMILES string of the molecule is CCCN(Cc1cccc(OC)c1)C1CCNCC1. The highest BCUT2D eigenvalue weighted by atomic mass is 16.5. The van der Waals surface area contributed by atoms with Crippen molar-refractivity contribution in [3.8, 4) is 5.75 Å². The van der Waals surface area contributed by atoms with Crippen LogP contribution in [0.5, 0.6) is 5.75 Å². The third-order valence-electron chi connectivity index (χ3n) is 3.86. The van der Waals surface area contributed by atoms with Crippen LogP contribution in [0, 0.1) is 0 Å². The van der Waals surface area contributed by atoms with Gasteiger partial charge in [-0.05, 0) is 56.6 Å². The lowest BCUT2D eigenvalue weighted by atomic mass is 10.0. The van der Waals surface area contributed by atoms with Crippen LogP contribution in [0.25, 0.3) is 0 Å². The summed E-state index contributed by atoms with van der Waals surface area (Å²) in [5.41, 5.74) is 1.35. The Morgan fingerprint density at radius 2 is 2.11 bits per heavy atom. The Labute approximate surface area is 116 Å².